The molecule has 0 aliphatic carbocycles. The number of carbonyl (C=O) groups is 1. The lowest BCUT2D eigenvalue weighted by atomic mass is 10.1. The van der Waals surface area contributed by atoms with Crippen molar-refractivity contribution in [3.63, 3.8) is 0 Å². The molecule has 3 aromatic rings. The maximum atomic E-state index is 12.8. The molecule has 0 saturated carbocycles. The second-order valence-electron chi connectivity index (χ2n) is 7.85. The van der Waals surface area contributed by atoms with Gasteiger partial charge in [-0.1, -0.05) is 30.3 Å². The molecule has 1 aliphatic rings. The Kier molecular flexibility index (Phi) is 7.39. The highest BCUT2D eigenvalue weighted by Gasteiger charge is 2.22. The number of carbonyl (C=O) groups excluding carboxylic acids is 1. The first-order chi connectivity index (χ1) is 15.7. The van der Waals surface area contributed by atoms with Gasteiger partial charge in [0.2, 0.25) is 5.91 Å². The summed E-state index contributed by atoms with van der Waals surface area (Å²) in [6.07, 6.45) is 1.39. The molecule has 0 atom stereocenters. The minimum absolute atomic E-state index is 0.150. The topological polar surface area (TPSA) is 54.9 Å². The number of ether oxygens (including phenoxy) is 2. The minimum atomic E-state index is 0.150. The standard InChI is InChI=1S/C25H29N3O3S/c1-30-22-9-8-20(16-23(22)31-2)25-26-21(18-32-25)17-24(29)28-14-12-27(13-15-28)11-10-19-6-4-3-5-7-19/h3-9,16,18H,10-15,17H2,1-2H3. The summed E-state index contributed by atoms with van der Waals surface area (Å²) in [5.74, 6) is 1.51. The highest BCUT2D eigenvalue weighted by atomic mass is 32.1. The van der Waals surface area contributed by atoms with E-state index in [1.807, 2.05) is 34.5 Å². The molecule has 4 rings (SSSR count). The Hall–Kier alpha value is -2.90. The Bertz CT molecular complexity index is 1030. The van der Waals surface area contributed by atoms with Gasteiger partial charge >= 0.3 is 0 Å². The molecule has 1 aliphatic heterocycles. The van der Waals surface area contributed by atoms with Crippen LogP contribution >= 0.6 is 11.3 Å². The monoisotopic (exact) mass is 451 g/mol. The Morgan fingerprint density at radius 1 is 1.00 bits per heavy atom. The summed E-state index contributed by atoms with van der Waals surface area (Å²) in [6.45, 7) is 4.44. The lowest BCUT2D eigenvalue weighted by molar-refractivity contribution is -0.132. The summed E-state index contributed by atoms with van der Waals surface area (Å²) in [7, 11) is 3.24. The fourth-order valence-electron chi connectivity index (χ4n) is 3.91. The molecule has 0 unspecified atom stereocenters. The maximum Gasteiger partial charge on any atom is 0.228 e. The summed E-state index contributed by atoms with van der Waals surface area (Å²) in [5.41, 5.74) is 3.13. The normalized spacial score (nSPS) is 14.4. The second kappa shape index (κ2) is 10.6. The zero-order valence-corrected chi connectivity index (χ0v) is 19.4. The van der Waals surface area contributed by atoms with Gasteiger partial charge in [0.1, 0.15) is 5.01 Å². The van der Waals surface area contributed by atoms with Crippen LogP contribution in [0.3, 0.4) is 0 Å². The zero-order chi connectivity index (χ0) is 22.3. The first-order valence-corrected chi connectivity index (χ1v) is 11.7. The van der Waals surface area contributed by atoms with E-state index < -0.39 is 0 Å². The Morgan fingerprint density at radius 2 is 1.75 bits per heavy atom. The number of piperazine rings is 1. The van der Waals surface area contributed by atoms with Crippen LogP contribution < -0.4 is 9.47 Å². The molecule has 1 fully saturated rings. The van der Waals surface area contributed by atoms with Gasteiger partial charge in [-0.3, -0.25) is 9.69 Å². The van der Waals surface area contributed by atoms with E-state index in [9.17, 15) is 4.79 Å². The molecule has 0 N–H and O–H groups in total. The van der Waals surface area contributed by atoms with Crippen molar-refractivity contribution in [2.75, 3.05) is 46.9 Å². The van der Waals surface area contributed by atoms with Crippen molar-refractivity contribution < 1.29 is 14.3 Å². The molecule has 7 heteroatoms. The first-order valence-electron chi connectivity index (χ1n) is 10.9. The summed E-state index contributed by atoms with van der Waals surface area (Å²) in [6, 6.07) is 16.3. The molecule has 0 radical (unpaired) electrons. The number of hydrogen-bond acceptors (Lipinski definition) is 6. The van der Waals surface area contributed by atoms with Crippen molar-refractivity contribution in [3.05, 3.63) is 65.2 Å². The van der Waals surface area contributed by atoms with Gasteiger partial charge in [0, 0.05) is 43.7 Å². The maximum absolute atomic E-state index is 12.8. The van der Waals surface area contributed by atoms with Crippen molar-refractivity contribution >= 4 is 17.2 Å². The smallest absolute Gasteiger partial charge is 0.228 e. The van der Waals surface area contributed by atoms with Crippen LogP contribution in [0.1, 0.15) is 11.3 Å². The highest BCUT2D eigenvalue weighted by molar-refractivity contribution is 7.13. The van der Waals surface area contributed by atoms with Gasteiger partial charge in [0.05, 0.1) is 26.3 Å². The van der Waals surface area contributed by atoms with Crippen molar-refractivity contribution in [2.24, 2.45) is 0 Å². The molecule has 1 saturated heterocycles. The molecular formula is C25H29N3O3S. The number of benzene rings is 2. The lowest BCUT2D eigenvalue weighted by Gasteiger charge is -2.34. The van der Waals surface area contributed by atoms with Gasteiger partial charge in [-0.05, 0) is 30.2 Å². The Morgan fingerprint density at radius 3 is 2.47 bits per heavy atom. The molecule has 6 nitrogen and oxygen atoms in total. The van der Waals surface area contributed by atoms with E-state index in [2.05, 4.69) is 34.1 Å². The van der Waals surface area contributed by atoms with Crippen molar-refractivity contribution in [1.82, 2.24) is 14.8 Å². The number of rotatable bonds is 8. The van der Waals surface area contributed by atoms with E-state index >= 15 is 0 Å². The van der Waals surface area contributed by atoms with E-state index in [0.29, 0.717) is 17.9 Å². The van der Waals surface area contributed by atoms with E-state index in [4.69, 9.17) is 9.47 Å². The van der Waals surface area contributed by atoms with Crippen molar-refractivity contribution in [2.45, 2.75) is 12.8 Å². The summed E-state index contributed by atoms with van der Waals surface area (Å²) in [5, 5.41) is 2.85. The average Bonchev–Trinajstić information content (AvgIpc) is 3.31. The molecular weight excluding hydrogens is 422 g/mol. The molecule has 0 spiro atoms. The number of aromatic nitrogens is 1. The van der Waals surface area contributed by atoms with Crippen LogP contribution in [0.2, 0.25) is 0 Å². The predicted molar refractivity (Wildman–Crippen MR) is 128 cm³/mol. The number of hydrogen-bond donors (Lipinski definition) is 0. The largest absolute Gasteiger partial charge is 0.493 e. The van der Waals surface area contributed by atoms with Gasteiger partial charge in [-0.15, -0.1) is 11.3 Å². The zero-order valence-electron chi connectivity index (χ0n) is 18.6. The third-order valence-electron chi connectivity index (χ3n) is 5.80. The van der Waals surface area contributed by atoms with E-state index in [1.165, 1.54) is 5.56 Å². The molecule has 1 amide bonds. The van der Waals surface area contributed by atoms with Crippen LogP contribution in [-0.2, 0) is 17.6 Å². The van der Waals surface area contributed by atoms with Crippen molar-refractivity contribution in [3.8, 4) is 22.1 Å². The van der Waals surface area contributed by atoms with Crippen molar-refractivity contribution in [1.29, 1.82) is 0 Å². The average molecular weight is 452 g/mol. The highest BCUT2D eigenvalue weighted by Crippen LogP contribution is 2.33. The molecule has 2 aromatic carbocycles. The van der Waals surface area contributed by atoms with Crippen LogP contribution in [0.5, 0.6) is 11.5 Å². The molecule has 2 heterocycles. The molecule has 1 aromatic heterocycles. The van der Waals surface area contributed by atoms with Crippen LogP contribution in [0.15, 0.2) is 53.9 Å². The summed E-state index contributed by atoms with van der Waals surface area (Å²) >= 11 is 1.54. The number of thiazole rings is 1. The van der Waals surface area contributed by atoms with Gasteiger partial charge < -0.3 is 14.4 Å². The van der Waals surface area contributed by atoms with E-state index in [0.717, 1.165) is 55.4 Å². The lowest BCUT2D eigenvalue weighted by Crippen LogP contribution is -2.49. The van der Waals surface area contributed by atoms with Crippen LogP contribution in [0.4, 0.5) is 0 Å². The van der Waals surface area contributed by atoms with E-state index in [-0.39, 0.29) is 5.91 Å². The molecule has 0 bridgehead atoms. The predicted octanol–water partition coefficient (Wildman–Crippen LogP) is 3.76. The molecule has 32 heavy (non-hydrogen) atoms. The second-order valence-corrected chi connectivity index (χ2v) is 8.71. The SMILES string of the molecule is COc1ccc(-c2nc(CC(=O)N3CCN(CCc4ccccc4)CC3)cs2)cc1OC. The van der Waals surface area contributed by atoms with Crippen LogP contribution in [-0.4, -0.2) is 67.6 Å². The first kappa shape index (κ1) is 22.3. The fourth-order valence-corrected chi connectivity index (χ4v) is 4.73. The van der Waals surface area contributed by atoms with Gasteiger partial charge in [0.25, 0.3) is 0 Å². The fraction of sp³-hybridized carbons (Fsp3) is 0.360. The number of amides is 1. The third-order valence-corrected chi connectivity index (χ3v) is 6.74. The number of nitrogens with zero attached hydrogens (tertiary/aromatic N) is 3. The van der Waals surface area contributed by atoms with Crippen LogP contribution in [0, 0.1) is 0 Å². The summed E-state index contributed by atoms with van der Waals surface area (Å²) < 4.78 is 10.7. The molecule has 168 valence electrons. The van der Waals surface area contributed by atoms with Gasteiger partial charge in [-0.2, -0.15) is 0 Å². The Balaban J connectivity index is 1.28. The Labute approximate surface area is 193 Å². The quantitative estimate of drug-likeness (QED) is 0.522. The third kappa shape index (κ3) is 5.47. The van der Waals surface area contributed by atoms with Crippen LogP contribution in [0.25, 0.3) is 10.6 Å². The minimum Gasteiger partial charge on any atom is -0.493 e. The summed E-state index contributed by atoms with van der Waals surface area (Å²) in [4.78, 5) is 21.9. The van der Waals surface area contributed by atoms with Gasteiger partial charge in [-0.25, -0.2) is 4.98 Å². The van der Waals surface area contributed by atoms with Gasteiger partial charge in [0.15, 0.2) is 11.5 Å². The van der Waals surface area contributed by atoms with E-state index in [1.54, 1.807) is 25.6 Å². The number of methoxy groups -OCH3 is 2.